The van der Waals surface area contributed by atoms with Crippen LogP contribution in [0.1, 0.15) is 23.6 Å². The molecule has 1 aromatic carbocycles. The maximum Gasteiger partial charge on any atom is 0.308 e. The summed E-state index contributed by atoms with van der Waals surface area (Å²) < 4.78 is 4.51. The highest BCUT2D eigenvalue weighted by molar-refractivity contribution is 5.70. The summed E-state index contributed by atoms with van der Waals surface area (Å²) >= 11 is 0. The first-order valence-electron chi connectivity index (χ1n) is 4.85. The second-order valence-electron chi connectivity index (χ2n) is 3.25. The maximum absolute atomic E-state index is 11.1. The summed E-state index contributed by atoms with van der Waals surface area (Å²) in [5.41, 5.74) is 1.17. The molecule has 0 spiro atoms. The molecule has 0 aliphatic rings. The smallest absolute Gasteiger partial charge is 0.308 e. The van der Waals surface area contributed by atoms with Crippen molar-refractivity contribution in [3.63, 3.8) is 0 Å². The van der Waals surface area contributed by atoms with Gasteiger partial charge in [0.2, 0.25) is 6.08 Å². The van der Waals surface area contributed by atoms with Crippen molar-refractivity contribution < 1.29 is 14.3 Å². The van der Waals surface area contributed by atoms with Gasteiger partial charge in [-0.2, -0.15) is 10.3 Å². The molecule has 0 saturated heterocycles. The van der Waals surface area contributed by atoms with Crippen LogP contribution < -0.4 is 0 Å². The number of benzene rings is 1. The van der Waals surface area contributed by atoms with Crippen molar-refractivity contribution in [3.05, 3.63) is 35.4 Å². The highest BCUT2D eigenvalue weighted by atomic mass is 16.5. The Balaban J connectivity index is 2.93. The van der Waals surface area contributed by atoms with Gasteiger partial charge in [0.25, 0.3) is 0 Å². The second-order valence-corrected chi connectivity index (χ2v) is 3.25. The van der Waals surface area contributed by atoms with E-state index < -0.39 is 12.0 Å². The molecule has 0 amide bonds. The van der Waals surface area contributed by atoms with E-state index in [0.29, 0.717) is 11.1 Å². The number of aliphatic imine (C=N–C) groups is 1. The van der Waals surface area contributed by atoms with E-state index in [9.17, 15) is 9.59 Å². The molecule has 0 aliphatic carbocycles. The molecular weight excluding hydrogens is 220 g/mol. The molecule has 0 fully saturated rings. The molecule has 17 heavy (non-hydrogen) atoms. The van der Waals surface area contributed by atoms with Crippen molar-refractivity contribution >= 4 is 12.0 Å². The summed E-state index contributed by atoms with van der Waals surface area (Å²) in [5.74, 6) is -0.460. The van der Waals surface area contributed by atoms with Gasteiger partial charge in [0.15, 0.2) is 0 Å². The molecule has 5 heteroatoms. The Kier molecular flexibility index (Phi) is 4.61. The van der Waals surface area contributed by atoms with Crippen molar-refractivity contribution in [1.29, 1.82) is 5.26 Å². The number of hydrogen-bond donors (Lipinski definition) is 0. The largest absolute Gasteiger partial charge is 0.469 e. The normalized spacial score (nSPS) is 10.8. The average Bonchev–Trinajstić information content (AvgIpc) is 2.38. The fourth-order valence-electron chi connectivity index (χ4n) is 1.32. The van der Waals surface area contributed by atoms with Crippen molar-refractivity contribution in [3.8, 4) is 6.07 Å². The number of esters is 1. The number of nitriles is 1. The van der Waals surface area contributed by atoms with Gasteiger partial charge in [0.1, 0.15) is 0 Å². The Hall–Kier alpha value is -2.44. The molecule has 0 heterocycles. The first-order valence-corrected chi connectivity index (χ1v) is 4.85. The molecule has 0 aliphatic heterocycles. The fourth-order valence-corrected chi connectivity index (χ4v) is 1.32. The summed E-state index contributed by atoms with van der Waals surface area (Å²) in [6.07, 6.45) is 1.40. The van der Waals surface area contributed by atoms with E-state index in [4.69, 9.17) is 5.26 Å². The van der Waals surface area contributed by atoms with Crippen molar-refractivity contribution in [1.82, 2.24) is 0 Å². The van der Waals surface area contributed by atoms with E-state index >= 15 is 0 Å². The van der Waals surface area contributed by atoms with E-state index in [1.807, 2.05) is 6.07 Å². The lowest BCUT2D eigenvalue weighted by Crippen LogP contribution is -2.07. The lowest BCUT2D eigenvalue weighted by Gasteiger charge is -2.09. The average molecular weight is 230 g/mol. The molecule has 0 N–H and O–H groups in total. The minimum Gasteiger partial charge on any atom is -0.469 e. The van der Waals surface area contributed by atoms with E-state index in [-0.39, 0.29) is 6.42 Å². The van der Waals surface area contributed by atoms with Crippen LogP contribution in [-0.4, -0.2) is 19.2 Å². The molecule has 1 rings (SSSR count). The highest BCUT2D eigenvalue weighted by Gasteiger charge is 2.15. The van der Waals surface area contributed by atoms with Crippen LogP contribution in [0.3, 0.4) is 0 Å². The molecule has 5 nitrogen and oxygen atoms in total. The molecule has 86 valence electrons. The predicted molar refractivity (Wildman–Crippen MR) is 58.7 cm³/mol. The van der Waals surface area contributed by atoms with Crippen LogP contribution in [0.4, 0.5) is 0 Å². The van der Waals surface area contributed by atoms with Crippen LogP contribution in [0.25, 0.3) is 0 Å². The minimum atomic E-state index is -0.618. The van der Waals surface area contributed by atoms with Gasteiger partial charge in [-0.3, -0.25) is 4.79 Å². The summed E-state index contributed by atoms with van der Waals surface area (Å²) in [5, 5.41) is 8.64. The molecule has 1 atom stereocenters. The van der Waals surface area contributed by atoms with E-state index in [1.165, 1.54) is 13.2 Å². The Labute approximate surface area is 98.3 Å². The molecule has 0 bridgehead atoms. The first-order chi connectivity index (χ1) is 8.21. The number of isocyanates is 1. The highest BCUT2D eigenvalue weighted by Crippen LogP contribution is 2.21. The Morgan fingerprint density at radius 1 is 1.47 bits per heavy atom. The third kappa shape index (κ3) is 3.56. The molecule has 1 aromatic rings. The number of methoxy groups -OCH3 is 1. The number of carbonyl (C=O) groups excluding carboxylic acids is 2. The molecule has 0 radical (unpaired) electrons. The van der Waals surface area contributed by atoms with Crippen LogP contribution in [0.15, 0.2) is 29.3 Å². The lowest BCUT2D eigenvalue weighted by molar-refractivity contribution is -0.141. The monoisotopic (exact) mass is 230 g/mol. The fraction of sp³-hybridized carbons (Fsp3) is 0.250. The van der Waals surface area contributed by atoms with Gasteiger partial charge in [-0.05, 0) is 17.7 Å². The van der Waals surface area contributed by atoms with Gasteiger partial charge in [0, 0.05) is 0 Å². The van der Waals surface area contributed by atoms with Crippen molar-refractivity contribution in [2.24, 2.45) is 4.99 Å². The second kappa shape index (κ2) is 6.21. The van der Waals surface area contributed by atoms with Crippen molar-refractivity contribution in [2.75, 3.05) is 7.11 Å². The first kappa shape index (κ1) is 12.6. The van der Waals surface area contributed by atoms with Crippen LogP contribution >= 0.6 is 0 Å². The Morgan fingerprint density at radius 3 is 2.59 bits per heavy atom. The zero-order valence-corrected chi connectivity index (χ0v) is 9.21. The Morgan fingerprint density at radius 2 is 2.12 bits per heavy atom. The summed E-state index contributed by atoms with van der Waals surface area (Å²) in [6.45, 7) is 0. The van der Waals surface area contributed by atoms with Crippen LogP contribution in [0.2, 0.25) is 0 Å². The number of nitrogens with zero attached hydrogens (tertiary/aromatic N) is 2. The molecule has 0 unspecified atom stereocenters. The zero-order chi connectivity index (χ0) is 12.7. The summed E-state index contributed by atoms with van der Waals surface area (Å²) in [4.78, 5) is 25.0. The van der Waals surface area contributed by atoms with Gasteiger partial charge >= 0.3 is 5.97 Å². The molecular formula is C12H10N2O3. The number of carbonyl (C=O) groups is 1. The quantitative estimate of drug-likeness (QED) is 0.446. The lowest BCUT2D eigenvalue weighted by atomic mass is 10.0. The number of rotatable bonds is 4. The zero-order valence-electron chi connectivity index (χ0n) is 9.21. The van der Waals surface area contributed by atoms with E-state index in [0.717, 1.165) is 0 Å². The van der Waals surface area contributed by atoms with Gasteiger partial charge in [-0.25, -0.2) is 4.79 Å². The van der Waals surface area contributed by atoms with Gasteiger partial charge in [-0.1, -0.05) is 12.1 Å². The van der Waals surface area contributed by atoms with E-state index in [1.54, 1.807) is 24.3 Å². The third-order valence-corrected chi connectivity index (χ3v) is 2.22. The standard InChI is InChI=1S/C12H10N2O3/c1-17-12(16)6-11(14-8-15)10-4-2-9(7-13)3-5-10/h2-5,11H,6H2,1H3/t11-/m0/s1. The summed E-state index contributed by atoms with van der Waals surface area (Å²) in [7, 11) is 1.27. The maximum atomic E-state index is 11.1. The topological polar surface area (TPSA) is 79.5 Å². The third-order valence-electron chi connectivity index (χ3n) is 2.22. The van der Waals surface area contributed by atoms with Crippen LogP contribution in [-0.2, 0) is 14.3 Å². The van der Waals surface area contributed by atoms with Crippen LogP contribution in [0.5, 0.6) is 0 Å². The van der Waals surface area contributed by atoms with Gasteiger partial charge in [-0.15, -0.1) is 0 Å². The molecule has 0 aromatic heterocycles. The van der Waals surface area contributed by atoms with Gasteiger partial charge < -0.3 is 4.74 Å². The van der Waals surface area contributed by atoms with Gasteiger partial charge in [0.05, 0.1) is 31.2 Å². The minimum absolute atomic E-state index is 0.0301. The molecule has 0 saturated carbocycles. The SMILES string of the molecule is COC(=O)C[C@H](N=C=O)c1ccc(C#N)cc1. The van der Waals surface area contributed by atoms with Crippen LogP contribution in [0, 0.1) is 11.3 Å². The number of ether oxygens (including phenoxy) is 1. The van der Waals surface area contributed by atoms with Crippen molar-refractivity contribution in [2.45, 2.75) is 12.5 Å². The number of hydrogen-bond acceptors (Lipinski definition) is 5. The van der Waals surface area contributed by atoms with E-state index in [2.05, 4.69) is 9.73 Å². The predicted octanol–water partition coefficient (Wildman–Crippen LogP) is 1.50. The summed E-state index contributed by atoms with van der Waals surface area (Å²) in [6, 6.07) is 7.85. The Bertz CT molecular complexity index is 481.